The van der Waals surface area contributed by atoms with E-state index in [0.29, 0.717) is 5.69 Å². The number of amides is 1. The number of aryl methyl sites for hydroxylation is 1. The number of rotatable bonds is 3. The summed E-state index contributed by atoms with van der Waals surface area (Å²) in [5.41, 5.74) is 1.51. The lowest BCUT2D eigenvalue weighted by Crippen LogP contribution is -2.14. The fourth-order valence-electron chi connectivity index (χ4n) is 1.66. The highest BCUT2D eigenvalue weighted by atomic mass is 16.5. The van der Waals surface area contributed by atoms with Gasteiger partial charge < -0.3 is 15.2 Å². The second-order valence-corrected chi connectivity index (χ2v) is 4.01. The van der Waals surface area contributed by atoms with E-state index in [1.165, 1.54) is 12.3 Å². The first-order valence-corrected chi connectivity index (χ1v) is 5.72. The second-order valence-electron chi connectivity index (χ2n) is 4.01. The molecule has 2 aromatic rings. The van der Waals surface area contributed by atoms with Gasteiger partial charge >= 0.3 is 0 Å². The van der Waals surface area contributed by atoms with Gasteiger partial charge in [-0.1, -0.05) is 0 Å². The summed E-state index contributed by atoms with van der Waals surface area (Å²) in [7, 11) is 1.58. The molecule has 0 fully saturated rings. The SMILES string of the molecule is COc1ccc(NC(=O)c2ncccc2O)c(C)c1. The van der Waals surface area contributed by atoms with Crippen LogP contribution in [0.4, 0.5) is 5.69 Å². The molecule has 2 N–H and O–H groups in total. The first-order chi connectivity index (χ1) is 9.11. The van der Waals surface area contributed by atoms with Gasteiger partial charge in [0.05, 0.1) is 7.11 Å². The minimum absolute atomic E-state index is 0.00211. The normalized spacial score (nSPS) is 10.0. The van der Waals surface area contributed by atoms with Crippen molar-refractivity contribution in [2.75, 3.05) is 12.4 Å². The summed E-state index contributed by atoms with van der Waals surface area (Å²) < 4.78 is 5.09. The summed E-state index contributed by atoms with van der Waals surface area (Å²) in [5, 5.41) is 12.3. The zero-order chi connectivity index (χ0) is 13.8. The van der Waals surface area contributed by atoms with E-state index in [0.717, 1.165) is 11.3 Å². The second kappa shape index (κ2) is 5.39. The number of methoxy groups -OCH3 is 1. The van der Waals surface area contributed by atoms with Gasteiger partial charge in [-0.25, -0.2) is 4.98 Å². The molecular formula is C14H14N2O3. The van der Waals surface area contributed by atoms with Gasteiger partial charge in [-0.05, 0) is 42.8 Å². The van der Waals surface area contributed by atoms with E-state index in [9.17, 15) is 9.90 Å². The maximum absolute atomic E-state index is 12.0. The minimum atomic E-state index is -0.452. The van der Waals surface area contributed by atoms with Crippen molar-refractivity contribution in [3.8, 4) is 11.5 Å². The number of aromatic nitrogens is 1. The van der Waals surface area contributed by atoms with Crippen LogP contribution in [0.5, 0.6) is 11.5 Å². The fourth-order valence-corrected chi connectivity index (χ4v) is 1.66. The Labute approximate surface area is 110 Å². The van der Waals surface area contributed by atoms with E-state index in [1.54, 1.807) is 25.3 Å². The number of hydrogen-bond acceptors (Lipinski definition) is 4. The standard InChI is InChI=1S/C14H14N2O3/c1-9-8-10(19-2)5-6-11(9)16-14(18)13-12(17)4-3-7-15-13/h3-8,17H,1-2H3,(H,16,18). The molecule has 0 aliphatic heterocycles. The van der Waals surface area contributed by atoms with Crippen molar-refractivity contribution in [3.63, 3.8) is 0 Å². The van der Waals surface area contributed by atoms with Crippen molar-refractivity contribution in [2.24, 2.45) is 0 Å². The Bertz CT molecular complexity index is 611. The third kappa shape index (κ3) is 2.82. The quantitative estimate of drug-likeness (QED) is 0.886. The summed E-state index contributed by atoms with van der Waals surface area (Å²) >= 11 is 0. The molecule has 19 heavy (non-hydrogen) atoms. The van der Waals surface area contributed by atoms with Crippen LogP contribution in [0.1, 0.15) is 16.1 Å². The lowest BCUT2D eigenvalue weighted by atomic mass is 10.2. The molecule has 0 spiro atoms. The largest absolute Gasteiger partial charge is 0.505 e. The van der Waals surface area contributed by atoms with E-state index in [1.807, 2.05) is 13.0 Å². The van der Waals surface area contributed by atoms with E-state index in [-0.39, 0.29) is 11.4 Å². The first-order valence-electron chi connectivity index (χ1n) is 5.72. The number of pyridine rings is 1. The predicted octanol–water partition coefficient (Wildman–Crippen LogP) is 2.36. The van der Waals surface area contributed by atoms with Crippen molar-refractivity contribution in [3.05, 3.63) is 47.8 Å². The maximum Gasteiger partial charge on any atom is 0.278 e. The van der Waals surface area contributed by atoms with Crippen LogP contribution in [0.3, 0.4) is 0 Å². The summed E-state index contributed by atoms with van der Waals surface area (Å²) in [4.78, 5) is 15.8. The molecular weight excluding hydrogens is 244 g/mol. The number of anilines is 1. The van der Waals surface area contributed by atoms with Gasteiger partial charge in [-0.2, -0.15) is 0 Å². The minimum Gasteiger partial charge on any atom is -0.505 e. The number of aromatic hydroxyl groups is 1. The lowest BCUT2D eigenvalue weighted by Gasteiger charge is -2.10. The zero-order valence-electron chi connectivity index (χ0n) is 10.7. The van der Waals surface area contributed by atoms with Gasteiger partial charge in [0.1, 0.15) is 11.5 Å². The lowest BCUT2D eigenvalue weighted by molar-refractivity contribution is 0.101. The molecule has 5 nitrogen and oxygen atoms in total. The number of benzene rings is 1. The molecule has 1 heterocycles. The van der Waals surface area contributed by atoms with Crippen molar-refractivity contribution in [1.29, 1.82) is 0 Å². The highest BCUT2D eigenvalue weighted by Crippen LogP contribution is 2.22. The Morgan fingerprint density at radius 2 is 2.16 bits per heavy atom. The highest BCUT2D eigenvalue weighted by molar-refractivity contribution is 6.04. The molecule has 98 valence electrons. The molecule has 0 aliphatic carbocycles. The molecule has 1 aromatic heterocycles. The summed E-state index contributed by atoms with van der Waals surface area (Å²) in [6, 6.07) is 8.29. The van der Waals surface area contributed by atoms with Gasteiger partial charge in [0.2, 0.25) is 0 Å². The van der Waals surface area contributed by atoms with Crippen LogP contribution in [-0.2, 0) is 0 Å². The summed E-state index contributed by atoms with van der Waals surface area (Å²) in [5.74, 6) is 0.119. The molecule has 0 saturated carbocycles. The third-order valence-electron chi connectivity index (χ3n) is 2.68. The molecule has 0 aliphatic rings. The van der Waals surface area contributed by atoms with Gasteiger partial charge in [0, 0.05) is 11.9 Å². The van der Waals surface area contributed by atoms with E-state index in [2.05, 4.69) is 10.3 Å². The molecule has 1 aromatic carbocycles. The summed E-state index contributed by atoms with van der Waals surface area (Å²) in [6.07, 6.45) is 1.45. The monoisotopic (exact) mass is 258 g/mol. The van der Waals surface area contributed by atoms with Crippen LogP contribution in [0, 0.1) is 6.92 Å². The molecule has 2 rings (SSSR count). The van der Waals surface area contributed by atoms with E-state index in [4.69, 9.17) is 4.74 Å². The van der Waals surface area contributed by atoms with Crippen molar-refractivity contribution >= 4 is 11.6 Å². The smallest absolute Gasteiger partial charge is 0.278 e. The first kappa shape index (κ1) is 12.9. The fraction of sp³-hybridized carbons (Fsp3) is 0.143. The summed E-state index contributed by atoms with van der Waals surface area (Å²) in [6.45, 7) is 1.86. The van der Waals surface area contributed by atoms with Crippen molar-refractivity contribution in [2.45, 2.75) is 6.92 Å². The average Bonchev–Trinajstić information content (AvgIpc) is 2.41. The third-order valence-corrected chi connectivity index (χ3v) is 2.68. The number of nitrogens with one attached hydrogen (secondary N) is 1. The van der Waals surface area contributed by atoms with Crippen LogP contribution < -0.4 is 10.1 Å². The number of nitrogens with zero attached hydrogens (tertiary/aromatic N) is 1. The zero-order valence-corrected chi connectivity index (χ0v) is 10.7. The van der Waals surface area contributed by atoms with Crippen LogP contribution in [0.2, 0.25) is 0 Å². The van der Waals surface area contributed by atoms with Crippen LogP contribution >= 0.6 is 0 Å². The predicted molar refractivity (Wildman–Crippen MR) is 71.6 cm³/mol. The van der Waals surface area contributed by atoms with Gasteiger partial charge in [-0.3, -0.25) is 4.79 Å². The van der Waals surface area contributed by atoms with Crippen molar-refractivity contribution in [1.82, 2.24) is 4.98 Å². The number of hydrogen-bond donors (Lipinski definition) is 2. The average molecular weight is 258 g/mol. The van der Waals surface area contributed by atoms with Crippen LogP contribution in [-0.4, -0.2) is 23.1 Å². The molecule has 0 radical (unpaired) electrons. The van der Waals surface area contributed by atoms with E-state index >= 15 is 0 Å². The molecule has 0 bridgehead atoms. The van der Waals surface area contributed by atoms with Gasteiger partial charge in [-0.15, -0.1) is 0 Å². The molecule has 5 heteroatoms. The molecule has 1 amide bonds. The molecule has 0 atom stereocenters. The number of carbonyl (C=O) groups excluding carboxylic acids is 1. The Morgan fingerprint density at radius 1 is 1.37 bits per heavy atom. The van der Waals surface area contributed by atoms with Gasteiger partial charge in [0.25, 0.3) is 5.91 Å². The Hall–Kier alpha value is -2.56. The Kier molecular flexibility index (Phi) is 3.66. The van der Waals surface area contributed by atoms with E-state index < -0.39 is 5.91 Å². The Morgan fingerprint density at radius 3 is 2.79 bits per heavy atom. The molecule has 0 saturated heterocycles. The Balaban J connectivity index is 2.22. The highest BCUT2D eigenvalue weighted by Gasteiger charge is 2.13. The number of ether oxygens (including phenoxy) is 1. The topological polar surface area (TPSA) is 71.5 Å². The van der Waals surface area contributed by atoms with Crippen LogP contribution in [0.15, 0.2) is 36.5 Å². The maximum atomic E-state index is 12.0. The van der Waals surface area contributed by atoms with Gasteiger partial charge in [0.15, 0.2) is 5.69 Å². The molecule has 0 unspecified atom stereocenters. The van der Waals surface area contributed by atoms with Crippen LogP contribution in [0.25, 0.3) is 0 Å². The number of carbonyl (C=O) groups is 1. The van der Waals surface area contributed by atoms with Crippen molar-refractivity contribution < 1.29 is 14.6 Å².